The van der Waals surface area contributed by atoms with Gasteiger partial charge in [-0.25, -0.2) is 0 Å². The van der Waals surface area contributed by atoms with E-state index >= 15 is 0 Å². The summed E-state index contributed by atoms with van der Waals surface area (Å²) in [6.45, 7) is 4.00. The first-order valence-electron chi connectivity index (χ1n) is 14.9. The summed E-state index contributed by atoms with van der Waals surface area (Å²) in [6.07, 6.45) is 5.52. The molecule has 0 radical (unpaired) electrons. The number of benzene rings is 5. The fourth-order valence-electron chi connectivity index (χ4n) is 4.90. The first kappa shape index (κ1) is 29.8. The standard InChI is InChI=1S/C15H11N.C13H9N.C11H9N.C2H6/c1-2-7-13(8-3-1)15-14-9-5-4-6-12(14)10-11-16-15;1-2-6-12-10(4-1)7-8-11-5-3-9-14-13(11)12;1-2-6-10(7-3-1)11-8-4-5-9-12-11;1-2/h1-11H;1-9H;1-9H;1-2H3. The van der Waals surface area contributed by atoms with Crippen LogP contribution in [0.1, 0.15) is 13.8 Å². The summed E-state index contributed by atoms with van der Waals surface area (Å²) in [5.74, 6) is 0. The van der Waals surface area contributed by atoms with Gasteiger partial charge in [0, 0.05) is 45.9 Å². The zero-order valence-corrected chi connectivity index (χ0v) is 25.1. The zero-order valence-electron chi connectivity index (χ0n) is 25.1. The lowest BCUT2D eigenvalue weighted by atomic mass is 10.0. The molecule has 8 rings (SSSR count). The van der Waals surface area contributed by atoms with E-state index in [0.717, 1.165) is 22.5 Å². The smallest absolute Gasteiger partial charge is 0.0780 e. The number of rotatable bonds is 2. The van der Waals surface area contributed by atoms with E-state index in [1.807, 2.05) is 99.2 Å². The summed E-state index contributed by atoms with van der Waals surface area (Å²) < 4.78 is 0. The number of fused-ring (bicyclic) bond motifs is 4. The Morgan fingerprint density at radius 2 is 0.886 bits per heavy atom. The Hall–Kier alpha value is -5.67. The van der Waals surface area contributed by atoms with Crippen LogP contribution in [0.5, 0.6) is 0 Å². The Morgan fingerprint density at radius 1 is 0.341 bits per heavy atom. The Balaban J connectivity index is 0.000000128. The number of pyridine rings is 3. The Bertz CT molecular complexity index is 1930. The van der Waals surface area contributed by atoms with Crippen molar-refractivity contribution in [2.75, 3.05) is 0 Å². The maximum Gasteiger partial charge on any atom is 0.0780 e. The topological polar surface area (TPSA) is 38.7 Å². The molecule has 214 valence electrons. The van der Waals surface area contributed by atoms with Crippen LogP contribution in [0.2, 0.25) is 0 Å². The summed E-state index contributed by atoms with van der Waals surface area (Å²) >= 11 is 0. The third-order valence-electron chi connectivity index (χ3n) is 6.95. The maximum absolute atomic E-state index is 4.48. The monoisotopic (exact) mass is 569 g/mol. The van der Waals surface area contributed by atoms with Gasteiger partial charge in [-0.15, -0.1) is 0 Å². The van der Waals surface area contributed by atoms with E-state index in [-0.39, 0.29) is 0 Å². The van der Waals surface area contributed by atoms with Crippen molar-refractivity contribution in [1.82, 2.24) is 15.0 Å². The first-order valence-corrected chi connectivity index (χ1v) is 14.9. The van der Waals surface area contributed by atoms with Gasteiger partial charge in [0.05, 0.1) is 16.9 Å². The second-order valence-electron chi connectivity index (χ2n) is 9.69. The molecule has 0 aliphatic heterocycles. The molecule has 44 heavy (non-hydrogen) atoms. The van der Waals surface area contributed by atoms with Crippen LogP contribution in [0.25, 0.3) is 55.0 Å². The van der Waals surface area contributed by atoms with E-state index in [1.165, 1.54) is 32.5 Å². The normalized spacial score (nSPS) is 10.0. The van der Waals surface area contributed by atoms with Crippen molar-refractivity contribution in [3.8, 4) is 22.5 Å². The Kier molecular flexibility index (Phi) is 10.5. The highest BCUT2D eigenvalue weighted by Gasteiger charge is 2.03. The minimum absolute atomic E-state index is 1.03. The van der Waals surface area contributed by atoms with Crippen molar-refractivity contribution in [2.45, 2.75) is 13.8 Å². The van der Waals surface area contributed by atoms with Crippen LogP contribution in [0.15, 0.2) is 176 Å². The zero-order chi connectivity index (χ0) is 30.4. The van der Waals surface area contributed by atoms with Crippen molar-refractivity contribution in [3.63, 3.8) is 0 Å². The van der Waals surface area contributed by atoms with Gasteiger partial charge in [0.25, 0.3) is 0 Å². The van der Waals surface area contributed by atoms with Gasteiger partial charge in [-0.1, -0.05) is 147 Å². The lowest BCUT2D eigenvalue weighted by Gasteiger charge is -2.04. The molecule has 0 aliphatic carbocycles. The summed E-state index contributed by atoms with van der Waals surface area (Å²) in [5, 5.41) is 6.11. The average Bonchev–Trinajstić information content (AvgIpc) is 3.14. The van der Waals surface area contributed by atoms with Crippen LogP contribution < -0.4 is 0 Å². The molecular formula is C41H35N3. The van der Waals surface area contributed by atoms with Gasteiger partial charge < -0.3 is 0 Å². The molecular weight excluding hydrogens is 534 g/mol. The van der Waals surface area contributed by atoms with E-state index in [2.05, 4.69) is 106 Å². The summed E-state index contributed by atoms with van der Waals surface area (Å²) in [6, 6.07) is 53.4. The van der Waals surface area contributed by atoms with Gasteiger partial charge in [0.15, 0.2) is 0 Å². The van der Waals surface area contributed by atoms with Crippen molar-refractivity contribution >= 4 is 32.4 Å². The fraction of sp³-hybridized carbons (Fsp3) is 0.0488. The third-order valence-corrected chi connectivity index (χ3v) is 6.95. The van der Waals surface area contributed by atoms with Crippen molar-refractivity contribution in [2.24, 2.45) is 0 Å². The van der Waals surface area contributed by atoms with E-state index < -0.39 is 0 Å². The average molecular weight is 570 g/mol. The van der Waals surface area contributed by atoms with Crippen molar-refractivity contribution < 1.29 is 0 Å². The molecule has 0 saturated carbocycles. The molecule has 0 unspecified atom stereocenters. The van der Waals surface area contributed by atoms with Gasteiger partial charge in [-0.05, 0) is 35.0 Å². The predicted octanol–water partition coefficient (Wildman–Crippen LogP) is 11.1. The highest BCUT2D eigenvalue weighted by atomic mass is 14.7. The van der Waals surface area contributed by atoms with Gasteiger partial charge >= 0.3 is 0 Å². The van der Waals surface area contributed by atoms with Crippen LogP contribution in [-0.4, -0.2) is 15.0 Å². The summed E-state index contributed by atoms with van der Waals surface area (Å²) in [5.41, 5.74) is 5.50. The molecule has 3 heterocycles. The Morgan fingerprint density at radius 3 is 1.59 bits per heavy atom. The SMILES string of the molecule is CC.c1ccc(-c2ccccn2)cc1.c1ccc(-c2nccc3ccccc23)cc1.c1ccc2c(c1)ccc1cccnc12. The van der Waals surface area contributed by atoms with Gasteiger partial charge in [-0.2, -0.15) is 0 Å². The highest BCUT2D eigenvalue weighted by molar-refractivity contribution is 6.04. The van der Waals surface area contributed by atoms with Gasteiger partial charge in [0.1, 0.15) is 0 Å². The largest absolute Gasteiger partial charge is 0.256 e. The molecule has 0 aliphatic rings. The third kappa shape index (κ3) is 7.39. The summed E-state index contributed by atoms with van der Waals surface area (Å²) in [7, 11) is 0. The molecule has 0 atom stereocenters. The minimum Gasteiger partial charge on any atom is -0.256 e. The molecule has 5 aromatic carbocycles. The molecule has 3 aromatic heterocycles. The van der Waals surface area contributed by atoms with Crippen molar-refractivity contribution in [3.05, 3.63) is 176 Å². The van der Waals surface area contributed by atoms with Crippen LogP contribution in [0.4, 0.5) is 0 Å². The lowest BCUT2D eigenvalue weighted by molar-refractivity contribution is 1.33. The second kappa shape index (κ2) is 15.5. The Labute approximate surface area is 259 Å². The molecule has 0 bridgehead atoms. The summed E-state index contributed by atoms with van der Waals surface area (Å²) in [4.78, 5) is 13.1. The molecule has 3 heteroatoms. The van der Waals surface area contributed by atoms with Crippen molar-refractivity contribution in [1.29, 1.82) is 0 Å². The number of aromatic nitrogens is 3. The van der Waals surface area contributed by atoms with E-state index in [1.54, 1.807) is 0 Å². The molecule has 0 spiro atoms. The van der Waals surface area contributed by atoms with E-state index in [9.17, 15) is 0 Å². The molecule has 8 aromatic rings. The molecule has 0 saturated heterocycles. The van der Waals surface area contributed by atoms with Crippen LogP contribution in [-0.2, 0) is 0 Å². The van der Waals surface area contributed by atoms with Gasteiger partial charge in [0.2, 0.25) is 0 Å². The van der Waals surface area contributed by atoms with E-state index in [4.69, 9.17) is 0 Å². The number of hydrogen-bond acceptors (Lipinski definition) is 3. The maximum atomic E-state index is 4.48. The lowest BCUT2D eigenvalue weighted by Crippen LogP contribution is -1.84. The number of nitrogens with zero attached hydrogens (tertiary/aromatic N) is 3. The van der Waals surface area contributed by atoms with Crippen LogP contribution in [0, 0.1) is 0 Å². The minimum atomic E-state index is 1.03. The molecule has 0 amide bonds. The van der Waals surface area contributed by atoms with E-state index in [0.29, 0.717) is 0 Å². The number of hydrogen-bond donors (Lipinski definition) is 0. The highest BCUT2D eigenvalue weighted by Crippen LogP contribution is 2.26. The fourth-order valence-corrected chi connectivity index (χ4v) is 4.90. The molecule has 0 fully saturated rings. The second-order valence-corrected chi connectivity index (χ2v) is 9.69. The predicted molar refractivity (Wildman–Crippen MR) is 187 cm³/mol. The van der Waals surface area contributed by atoms with Gasteiger partial charge in [-0.3, -0.25) is 15.0 Å². The molecule has 3 nitrogen and oxygen atoms in total. The van der Waals surface area contributed by atoms with Crippen LogP contribution >= 0.6 is 0 Å². The van der Waals surface area contributed by atoms with Crippen LogP contribution in [0.3, 0.4) is 0 Å². The quantitative estimate of drug-likeness (QED) is 0.194. The first-order chi connectivity index (χ1) is 21.9. The molecule has 0 N–H and O–H groups in total.